The molecule has 0 atom stereocenters. The highest BCUT2D eigenvalue weighted by Crippen LogP contribution is 2.32. The quantitative estimate of drug-likeness (QED) is 0.719. The Kier molecular flexibility index (Phi) is 3.06. The fraction of sp³-hybridized carbons (Fsp3) is 0.111. The fourth-order valence-corrected chi connectivity index (χ4v) is 2.62. The molecule has 3 rings (SSSR count). The van der Waals surface area contributed by atoms with E-state index >= 15 is 0 Å². The lowest BCUT2D eigenvalue weighted by Gasteiger charge is -2.11. The minimum atomic E-state index is 0.581. The lowest BCUT2D eigenvalue weighted by molar-refractivity contribution is 1.07. The normalized spacial score (nSPS) is 10.8. The van der Waals surface area contributed by atoms with Gasteiger partial charge in [-0.1, -0.05) is 54.6 Å². The van der Waals surface area contributed by atoms with E-state index in [9.17, 15) is 0 Å². The minimum absolute atomic E-state index is 0.581. The highest BCUT2D eigenvalue weighted by atomic mass is 14.5. The molecule has 0 aliphatic carbocycles. The molecule has 94 valence electrons. The number of nitrogens with two attached hydrogens (primary N) is 1. The van der Waals surface area contributed by atoms with Crippen molar-refractivity contribution in [3.63, 3.8) is 0 Å². The van der Waals surface area contributed by atoms with Crippen LogP contribution in [0.5, 0.6) is 0 Å². The van der Waals surface area contributed by atoms with E-state index in [1.165, 1.54) is 33.0 Å². The molecule has 3 aromatic carbocycles. The molecule has 2 N–H and O–H groups in total. The largest absolute Gasteiger partial charge is 0.326 e. The summed E-state index contributed by atoms with van der Waals surface area (Å²) < 4.78 is 0. The van der Waals surface area contributed by atoms with Crippen LogP contribution in [-0.2, 0) is 6.54 Å². The Morgan fingerprint density at radius 2 is 1.74 bits per heavy atom. The summed E-state index contributed by atoms with van der Waals surface area (Å²) in [4.78, 5) is 0. The van der Waals surface area contributed by atoms with Gasteiger partial charge < -0.3 is 5.73 Å². The van der Waals surface area contributed by atoms with Crippen LogP contribution in [0.4, 0.5) is 0 Å². The first-order valence-corrected chi connectivity index (χ1v) is 6.57. The van der Waals surface area contributed by atoms with Crippen molar-refractivity contribution in [3.05, 3.63) is 71.8 Å². The molecule has 0 aliphatic heterocycles. The van der Waals surface area contributed by atoms with Crippen molar-refractivity contribution < 1.29 is 0 Å². The van der Waals surface area contributed by atoms with Crippen LogP contribution < -0.4 is 5.73 Å². The Labute approximate surface area is 113 Å². The molecule has 19 heavy (non-hydrogen) atoms. The molecule has 0 saturated carbocycles. The van der Waals surface area contributed by atoms with Crippen molar-refractivity contribution in [2.24, 2.45) is 5.73 Å². The van der Waals surface area contributed by atoms with Gasteiger partial charge in [-0.3, -0.25) is 0 Å². The lowest BCUT2D eigenvalue weighted by atomic mass is 9.93. The molecule has 0 unspecified atom stereocenters. The molecule has 0 aliphatic rings. The molecule has 1 nitrogen and oxygen atoms in total. The zero-order valence-corrected chi connectivity index (χ0v) is 11.1. The topological polar surface area (TPSA) is 26.0 Å². The first-order valence-electron chi connectivity index (χ1n) is 6.57. The van der Waals surface area contributed by atoms with E-state index in [4.69, 9.17) is 5.73 Å². The van der Waals surface area contributed by atoms with Gasteiger partial charge in [0.15, 0.2) is 0 Å². The molecule has 1 heteroatoms. The number of aryl methyl sites for hydroxylation is 1. The van der Waals surface area contributed by atoms with Gasteiger partial charge in [-0.2, -0.15) is 0 Å². The first kappa shape index (κ1) is 11.9. The second-order valence-electron chi connectivity index (χ2n) is 4.88. The Bertz CT molecular complexity index is 729. The van der Waals surface area contributed by atoms with Crippen molar-refractivity contribution >= 4 is 10.8 Å². The predicted molar refractivity (Wildman–Crippen MR) is 82.0 cm³/mol. The van der Waals surface area contributed by atoms with Gasteiger partial charge in [0.1, 0.15) is 0 Å². The van der Waals surface area contributed by atoms with Crippen molar-refractivity contribution in [3.8, 4) is 11.1 Å². The summed E-state index contributed by atoms with van der Waals surface area (Å²) in [5.74, 6) is 0. The van der Waals surface area contributed by atoms with Gasteiger partial charge >= 0.3 is 0 Å². The summed E-state index contributed by atoms with van der Waals surface area (Å²) in [6, 6.07) is 21.4. The van der Waals surface area contributed by atoms with Crippen molar-refractivity contribution in [2.45, 2.75) is 13.5 Å². The number of hydrogen-bond acceptors (Lipinski definition) is 1. The smallest absolute Gasteiger partial charge is 0.0178 e. The molecule has 0 heterocycles. The van der Waals surface area contributed by atoms with E-state index in [0.29, 0.717) is 6.54 Å². The monoisotopic (exact) mass is 247 g/mol. The van der Waals surface area contributed by atoms with Crippen LogP contribution in [0.25, 0.3) is 21.9 Å². The fourth-order valence-electron chi connectivity index (χ4n) is 2.62. The van der Waals surface area contributed by atoms with E-state index < -0.39 is 0 Å². The molecular weight excluding hydrogens is 230 g/mol. The van der Waals surface area contributed by atoms with Gasteiger partial charge in [0.2, 0.25) is 0 Å². The third-order valence-electron chi connectivity index (χ3n) is 3.59. The highest BCUT2D eigenvalue weighted by Gasteiger charge is 2.07. The Morgan fingerprint density at radius 1 is 0.895 bits per heavy atom. The van der Waals surface area contributed by atoms with Crippen LogP contribution in [0.15, 0.2) is 60.7 Å². The van der Waals surface area contributed by atoms with Crippen LogP contribution in [0.3, 0.4) is 0 Å². The zero-order chi connectivity index (χ0) is 13.2. The Balaban J connectivity index is 2.31. The number of hydrogen-bond donors (Lipinski definition) is 1. The molecule has 3 aromatic rings. The van der Waals surface area contributed by atoms with E-state index in [1.54, 1.807) is 0 Å². The molecule has 0 fully saturated rings. The van der Waals surface area contributed by atoms with Gasteiger partial charge in [-0.25, -0.2) is 0 Å². The van der Waals surface area contributed by atoms with E-state index in [1.807, 2.05) is 0 Å². The van der Waals surface area contributed by atoms with Gasteiger partial charge in [0.05, 0.1) is 0 Å². The zero-order valence-electron chi connectivity index (χ0n) is 11.1. The first-order chi connectivity index (χ1) is 9.29. The molecule has 0 bridgehead atoms. The Hall–Kier alpha value is -2.12. The molecule has 0 amide bonds. The summed E-state index contributed by atoms with van der Waals surface area (Å²) in [7, 11) is 0. The standard InChI is InChI=1S/C18H17N/c1-13-9-10-15-6-2-3-8-17(15)18(13)16-7-4-5-14(11-16)12-19/h2-11H,12,19H2,1H3. The van der Waals surface area contributed by atoms with Crippen LogP contribution in [0.2, 0.25) is 0 Å². The Morgan fingerprint density at radius 3 is 2.58 bits per heavy atom. The van der Waals surface area contributed by atoms with Crippen LogP contribution >= 0.6 is 0 Å². The average Bonchev–Trinajstić information content (AvgIpc) is 2.47. The van der Waals surface area contributed by atoms with Crippen molar-refractivity contribution in [1.82, 2.24) is 0 Å². The summed E-state index contributed by atoms with van der Waals surface area (Å²) in [6.45, 7) is 2.74. The number of fused-ring (bicyclic) bond motifs is 1. The maximum Gasteiger partial charge on any atom is 0.0178 e. The molecule has 0 aromatic heterocycles. The second kappa shape index (κ2) is 4.87. The van der Waals surface area contributed by atoms with Crippen LogP contribution in [0, 0.1) is 6.92 Å². The molecular formula is C18H17N. The maximum absolute atomic E-state index is 5.75. The average molecular weight is 247 g/mol. The lowest BCUT2D eigenvalue weighted by Crippen LogP contribution is -1.96. The minimum Gasteiger partial charge on any atom is -0.326 e. The second-order valence-corrected chi connectivity index (χ2v) is 4.88. The van der Waals surface area contributed by atoms with Gasteiger partial charge in [-0.05, 0) is 46.0 Å². The van der Waals surface area contributed by atoms with Crippen LogP contribution in [-0.4, -0.2) is 0 Å². The van der Waals surface area contributed by atoms with Gasteiger partial charge in [0, 0.05) is 6.54 Å². The van der Waals surface area contributed by atoms with Gasteiger partial charge in [-0.15, -0.1) is 0 Å². The summed E-state index contributed by atoms with van der Waals surface area (Å²) in [5, 5.41) is 2.58. The third-order valence-corrected chi connectivity index (χ3v) is 3.59. The van der Waals surface area contributed by atoms with E-state index in [2.05, 4.69) is 67.6 Å². The molecule has 0 spiro atoms. The summed E-state index contributed by atoms with van der Waals surface area (Å²) >= 11 is 0. The molecule has 0 saturated heterocycles. The predicted octanol–water partition coefficient (Wildman–Crippen LogP) is 4.27. The summed E-state index contributed by atoms with van der Waals surface area (Å²) in [6.07, 6.45) is 0. The van der Waals surface area contributed by atoms with Crippen LogP contribution in [0.1, 0.15) is 11.1 Å². The maximum atomic E-state index is 5.75. The third kappa shape index (κ3) is 2.13. The molecule has 0 radical (unpaired) electrons. The number of rotatable bonds is 2. The van der Waals surface area contributed by atoms with E-state index in [-0.39, 0.29) is 0 Å². The SMILES string of the molecule is Cc1ccc2ccccc2c1-c1cccc(CN)c1. The highest BCUT2D eigenvalue weighted by molar-refractivity contribution is 5.98. The van der Waals surface area contributed by atoms with E-state index in [0.717, 1.165) is 0 Å². The number of benzene rings is 3. The van der Waals surface area contributed by atoms with Gasteiger partial charge in [0.25, 0.3) is 0 Å². The van der Waals surface area contributed by atoms with Crippen molar-refractivity contribution in [1.29, 1.82) is 0 Å². The van der Waals surface area contributed by atoms with Crippen molar-refractivity contribution in [2.75, 3.05) is 0 Å². The summed E-state index contributed by atoms with van der Waals surface area (Å²) in [5.41, 5.74) is 10.8.